The number of rotatable bonds is 6. The molecule has 0 radical (unpaired) electrons. The lowest BCUT2D eigenvalue weighted by Gasteiger charge is -2.20. The van der Waals surface area contributed by atoms with Gasteiger partial charge in [0.25, 0.3) is 0 Å². The lowest BCUT2D eigenvalue weighted by atomic mass is 10.1. The van der Waals surface area contributed by atoms with Gasteiger partial charge < -0.3 is 4.90 Å². The van der Waals surface area contributed by atoms with Crippen LogP contribution in [-0.4, -0.2) is 18.9 Å². The fraction of sp³-hybridized carbons (Fsp3) is 0.400. The SMILES string of the molecule is CCC(=O)C=Cc1ccc(N(CC)CC)cc1. The molecule has 0 heterocycles. The number of carbonyl (C=O) groups excluding carboxylic acids is 1. The molecule has 1 aromatic carbocycles. The molecule has 1 aromatic rings. The summed E-state index contributed by atoms with van der Waals surface area (Å²) < 4.78 is 0. The average Bonchev–Trinajstić information content (AvgIpc) is 2.38. The third-order valence-corrected chi connectivity index (χ3v) is 2.83. The van der Waals surface area contributed by atoms with Crippen molar-refractivity contribution in [2.75, 3.05) is 18.0 Å². The Labute approximate surface area is 104 Å². The molecule has 0 aliphatic rings. The summed E-state index contributed by atoms with van der Waals surface area (Å²) in [5.41, 5.74) is 2.30. The van der Waals surface area contributed by atoms with Crippen LogP contribution in [-0.2, 0) is 4.79 Å². The highest BCUT2D eigenvalue weighted by Gasteiger charge is 2.00. The highest BCUT2D eigenvalue weighted by Crippen LogP contribution is 2.15. The summed E-state index contributed by atoms with van der Waals surface area (Å²) in [6.45, 7) is 8.20. The summed E-state index contributed by atoms with van der Waals surface area (Å²) in [6.07, 6.45) is 4.08. The molecule has 0 saturated heterocycles. The fourth-order valence-corrected chi connectivity index (χ4v) is 1.69. The van der Waals surface area contributed by atoms with Gasteiger partial charge in [-0.1, -0.05) is 25.1 Å². The van der Waals surface area contributed by atoms with Gasteiger partial charge in [-0.15, -0.1) is 0 Å². The minimum absolute atomic E-state index is 0.165. The molecule has 0 aromatic heterocycles. The molecule has 1 rings (SSSR count). The van der Waals surface area contributed by atoms with Crippen molar-refractivity contribution in [3.63, 3.8) is 0 Å². The number of carbonyl (C=O) groups is 1. The van der Waals surface area contributed by atoms with Crippen LogP contribution in [0.15, 0.2) is 30.3 Å². The van der Waals surface area contributed by atoms with Crippen molar-refractivity contribution in [2.24, 2.45) is 0 Å². The van der Waals surface area contributed by atoms with Crippen LogP contribution in [0, 0.1) is 0 Å². The zero-order valence-corrected chi connectivity index (χ0v) is 10.9. The molecule has 0 unspecified atom stereocenters. The van der Waals surface area contributed by atoms with Gasteiger partial charge in [0.1, 0.15) is 0 Å². The normalized spacial score (nSPS) is 10.8. The smallest absolute Gasteiger partial charge is 0.155 e. The van der Waals surface area contributed by atoms with E-state index in [9.17, 15) is 4.79 Å². The van der Waals surface area contributed by atoms with Gasteiger partial charge >= 0.3 is 0 Å². The molecular weight excluding hydrogens is 210 g/mol. The Morgan fingerprint density at radius 3 is 2.18 bits per heavy atom. The van der Waals surface area contributed by atoms with E-state index in [-0.39, 0.29) is 5.78 Å². The first-order valence-electron chi connectivity index (χ1n) is 6.27. The average molecular weight is 231 g/mol. The summed E-state index contributed by atoms with van der Waals surface area (Å²) in [7, 11) is 0. The maximum Gasteiger partial charge on any atom is 0.155 e. The molecule has 2 nitrogen and oxygen atoms in total. The van der Waals surface area contributed by atoms with Crippen molar-refractivity contribution in [1.29, 1.82) is 0 Å². The Balaban J connectivity index is 2.74. The number of anilines is 1. The van der Waals surface area contributed by atoms with Crippen molar-refractivity contribution < 1.29 is 4.79 Å². The van der Waals surface area contributed by atoms with Crippen LogP contribution in [0.5, 0.6) is 0 Å². The van der Waals surface area contributed by atoms with Gasteiger partial charge in [-0.3, -0.25) is 4.79 Å². The van der Waals surface area contributed by atoms with Crippen LogP contribution in [0.1, 0.15) is 32.8 Å². The Kier molecular flexibility index (Phi) is 5.47. The Hall–Kier alpha value is -1.57. The monoisotopic (exact) mass is 231 g/mol. The lowest BCUT2D eigenvalue weighted by molar-refractivity contribution is -0.114. The lowest BCUT2D eigenvalue weighted by Crippen LogP contribution is -2.21. The van der Waals surface area contributed by atoms with Crippen LogP contribution >= 0.6 is 0 Å². The van der Waals surface area contributed by atoms with E-state index in [1.54, 1.807) is 6.08 Å². The van der Waals surface area contributed by atoms with E-state index in [0.29, 0.717) is 6.42 Å². The van der Waals surface area contributed by atoms with E-state index in [1.165, 1.54) is 5.69 Å². The van der Waals surface area contributed by atoms with E-state index >= 15 is 0 Å². The van der Waals surface area contributed by atoms with Crippen molar-refractivity contribution in [3.8, 4) is 0 Å². The van der Waals surface area contributed by atoms with Gasteiger partial charge in [0.05, 0.1) is 0 Å². The predicted octanol–water partition coefficient (Wildman–Crippen LogP) is 3.53. The zero-order valence-electron chi connectivity index (χ0n) is 10.9. The van der Waals surface area contributed by atoms with Crippen molar-refractivity contribution in [2.45, 2.75) is 27.2 Å². The number of ketones is 1. The van der Waals surface area contributed by atoms with Gasteiger partial charge in [-0.05, 0) is 37.6 Å². The quantitative estimate of drug-likeness (QED) is 0.698. The minimum Gasteiger partial charge on any atom is -0.372 e. The zero-order chi connectivity index (χ0) is 12.7. The van der Waals surface area contributed by atoms with Crippen LogP contribution < -0.4 is 4.90 Å². The summed E-state index contributed by atoms with van der Waals surface area (Å²) >= 11 is 0. The molecule has 0 aliphatic carbocycles. The first kappa shape index (κ1) is 13.5. The maximum atomic E-state index is 11.2. The number of allylic oxidation sites excluding steroid dienone is 1. The van der Waals surface area contributed by atoms with E-state index in [4.69, 9.17) is 0 Å². The molecule has 92 valence electrons. The highest BCUT2D eigenvalue weighted by atomic mass is 16.1. The Bertz CT molecular complexity index is 374. The third kappa shape index (κ3) is 4.06. The van der Waals surface area contributed by atoms with Crippen LogP contribution in [0.2, 0.25) is 0 Å². The molecule has 0 atom stereocenters. The molecule has 0 N–H and O–H groups in total. The second kappa shape index (κ2) is 6.89. The molecule has 17 heavy (non-hydrogen) atoms. The largest absolute Gasteiger partial charge is 0.372 e. The van der Waals surface area contributed by atoms with E-state index < -0.39 is 0 Å². The topological polar surface area (TPSA) is 20.3 Å². The summed E-state index contributed by atoms with van der Waals surface area (Å²) in [6, 6.07) is 8.30. The fourth-order valence-electron chi connectivity index (χ4n) is 1.69. The van der Waals surface area contributed by atoms with Crippen molar-refractivity contribution in [1.82, 2.24) is 0 Å². The van der Waals surface area contributed by atoms with Gasteiger partial charge in [-0.25, -0.2) is 0 Å². The molecule has 0 fully saturated rings. The van der Waals surface area contributed by atoms with Gasteiger partial charge in [-0.2, -0.15) is 0 Å². The minimum atomic E-state index is 0.165. The molecule has 0 aliphatic heterocycles. The molecular formula is C15H21NO. The Morgan fingerprint density at radius 2 is 1.71 bits per heavy atom. The van der Waals surface area contributed by atoms with Crippen LogP contribution in [0.25, 0.3) is 6.08 Å². The first-order chi connectivity index (χ1) is 8.21. The summed E-state index contributed by atoms with van der Waals surface area (Å²) in [5, 5.41) is 0. The number of benzene rings is 1. The molecule has 0 bridgehead atoms. The van der Waals surface area contributed by atoms with E-state index in [0.717, 1.165) is 18.7 Å². The van der Waals surface area contributed by atoms with E-state index in [1.807, 2.05) is 25.1 Å². The second-order valence-electron chi connectivity index (χ2n) is 3.92. The van der Waals surface area contributed by atoms with Crippen molar-refractivity contribution in [3.05, 3.63) is 35.9 Å². The number of nitrogens with zero attached hydrogens (tertiary/aromatic N) is 1. The van der Waals surface area contributed by atoms with Crippen molar-refractivity contribution >= 4 is 17.5 Å². The first-order valence-corrected chi connectivity index (χ1v) is 6.27. The third-order valence-electron chi connectivity index (χ3n) is 2.83. The molecule has 0 amide bonds. The maximum absolute atomic E-state index is 11.2. The number of hydrogen-bond donors (Lipinski definition) is 0. The highest BCUT2D eigenvalue weighted by molar-refractivity contribution is 5.93. The van der Waals surface area contributed by atoms with Crippen LogP contribution in [0.3, 0.4) is 0 Å². The molecule has 2 heteroatoms. The van der Waals surface area contributed by atoms with E-state index in [2.05, 4.69) is 30.9 Å². The van der Waals surface area contributed by atoms with Crippen LogP contribution in [0.4, 0.5) is 5.69 Å². The number of hydrogen-bond acceptors (Lipinski definition) is 2. The predicted molar refractivity (Wildman–Crippen MR) is 74.3 cm³/mol. The second-order valence-corrected chi connectivity index (χ2v) is 3.92. The summed E-state index contributed by atoms with van der Waals surface area (Å²) in [4.78, 5) is 13.5. The standard InChI is InChI=1S/C15H21NO/c1-4-15(17)12-9-13-7-10-14(11-8-13)16(5-2)6-3/h7-12H,4-6H2,1-3H3. The van der Waals surface area contributed by atoms with Gasteiger partial charge in [0.15, 0.2) is 5.78 Å². The Morgan fingerprint density at radius 1 is 1.12 bits per heavy atom. The summed E-state index contributed by atoms with van der Waals surface area (Å²) in [5.74, 6) is 0.165. The van der Waals surface area contributed by atoms with Gasteiger partial charge in [0, 0.05) is 25.2 Å². The van der Waals surface area contributed by atoms with Gasteiger partial charge in [0.2, 0.25) is 0 Å². The molecule has 0 saturated carbocycles. The molecule has 0 spiro atoms.